The molecule has 8 heteroatoms. The first-order valence-corrected chi connectivity index (χ1v) is 9.18. The van der Waals surface area contributed by atoms with Gasteiger partial charge >= 0.3 is 11.9 Å². The number of aromatic nitrogens is 2. The summed E-state index contributed by atoms with van der Waals surface area (Å²) in [6, 6.07) is 8.71. The lowest BCUT2D eigenvalue weighted by Crippen LogP contribution is -2.29. The van der Waals surface area contributed by atoms with Gasteiger partial charge in [0.15, 0.2) is 0 Å². The summed E-state index contributed by atoms with van der Waals surface area (Å²) < 4.78 is 12.7. The van der Waals surface area contributed by atoms with Crippen LogP contribution in [0.15, 0.2) is 34.8 Å². The Morgan fingerprint density at radius 2 is 1.88 bits per heavy atom. The zero-order chi connectivity index (χ0) is 18.9. The Hall–Kier alpha value is -2.19. The fraction of sp³-hybridized carbons (Fsp3) is 0.389. The first kappa shape index (κ1) is 18.6. The Morgan fingerprint density at radius 1 is 1.23 bits per heavy atom. The number of nitrogens with one attached hydrogen (secondary N) is 1. The molecule has 0 aliphatic carbocycles. The van der Waals surface area contributed by atoms with E-state index in [1.165, 1.54) is 4.68 Å². The van der Waals surface area contributed by atoms with Crippen molar-refractivity contribution in [3.8, 4) is 11.3 Å². The molecule has 0 saturated carbocycles. The molecule has 26 heavy (non-hydrogen) atoms. The number of nitrogens with zero attached hydrogens (tertiary/aromatic N) is 2. The normalized spacial score (nSPS) is 21.3. The molecule has 7 nitrogen and oxygen atoms in total. The standard InChI is InChI=1S/C18H20BrN3O4/c1-4-25-16(23)14-10-13(11-6-8-12(19)9-7-11)21-22(14)18(3)15(20-18)17(24)26-5-2/h6-10,15,20H,4-5H2,1-3H3/t15-,18-/m1/s1. The Balaban J connectivity index is 1.99. The Kier molecular flexibility index (Phi) is 5.15. The van der Waals surface area contributed by atoms with Crippen molar-refractivity contribution in [2.75, 3.05) is 13.2 Å². The number of rotatable bonds is 6. The molecule has 2 atom stereocenters. The monoisotopic (exact) mass is 421 g/mol. The Morgan fingerprint density at radius 3 is 2.50 bits per heavy atom. The van der Waals surface area contributed by atoms with Crippen molar-refractivity contribution in [2.24, 2.45) is 0 Å². The fourth-order valence-corrected chi connectivity index (χ4v) is 3.06. The van der Waals surface area contributed by atoms with Gasteiger partial charge < -0.3 is 9.47 Å². The van der Waals surface area contributed by atoms with Crippen LogP contribution in [0.2, 0.25) is 0 Å². The van der Waals surface area contributed by atoms with Crippen LogP contribution in [0.4, 0.5) is 0 Å². The molecule has 0 bridgehead atoms. The second-order valence-corrected chi connectivity index (χ2v) is 6.95. The largest absolute Gasteiger partial charge is 0.465 e. The van der Waals surface area contributed by atoms with Crippen LogP contribution >= 0.6 is 15.9 Å². The number of hydrogen-bond acceptors (Lipinski definition) is 6. The van der Waals surface area contributed by atoms with E-state index < -0.39 is 17.7 Å². The summed E-state index contributed by atoms with van der Waals surface area (Å²) >= 11 is 3.40. The van der Waals surface area contributed by atoms with Gasteiger partial charge in [0.2, 0.25) is 0 Å². The molecule has 138 valence electrons. The minimum Gasteiger partial charge on any atom is -0.465 e. The van der Waals surface area contributed by atoms with Crippen LogP contribution in [0.3, 0.4) is 0 Å². The van der Waals surface area contributed by atoms with E-state index in [1.54, 1.807) is 26.8 Å². The van der Waals surface area contributed by atoms with Crippen molar-refractivity contribution in [2.45, 2.75) is 32.5 Å². The van der Waals surface area contributed by atoms with Crippen molar-refractivity contribution in [1.82, 2.24) is 15.1 Å². The summed E-state index contributed by atoms with van der Waals surface area (Å²) in [6.07, 6.45) is 0. The minimum atomic E-state index is -0.831. The maximum atomic E-state index is 12.4. The van der Waals surface area contributed by atoms with E-state index in [0.29, 0.717) is 12.3 Å². The van der Waals surface area contributed by atoms with Crippen molar-refractivity contribution in [1.29, 1.82) is 0 Å². The zero-order valence-electron chi connectivity index (χ0n) is 14.8. The quantitative estimate of drug-likeness (QED) is 0.569. The summed E-state index contributed by atoms with van der Waals surface area (Å²) in [5.74, 6) is -0.855. The second-order valence-electron chi connectivity index (χ2n) is 6.03. The van der Waals surface area contributed by atoms with Crippen molar-refractivity contribution < 1.29 is 19.1 Å². The zero-order valence-corrected chi connectivity index (χ0v) is 16.4. The number of halogens is 1. The molecule has 1 saturated heterocycles. The second kappa shape index (κ2) is 7.20. The van der Waals surface area contributed by atoms with Gasteiger partial charge in [-0.3, -0.25) is 10.1 Å². The van der Waals surface area contributed by atoms with E-state index in [4.69, 9.17) is 9.47 Å². The van der Waals surface area contributed by atoms with Crippen LogP contribution in [0.25, 0.3) is 11.3 Å². The third-order valence-electron chi connectivity index (χ3n) is 4.21. The highest BCUT2D eigenvalue weighted by Crippen LogP contribution is 2.35. The Labute approximate surface area is 159 Å². The maximum absolute atomic E-state index is 12.4. The molecule has 0 amide bonds. The van der Waals surface area contributed by atoms with Crippen LogP contribution in [0.5, 0.6) is 0 Å². The van der Waals surface area contributed by atoms with E-state index in [2.05, 4.69) is 26.3 Å². The molecule has 1 aliphatic heterocycles. The van der Waals surface area contributed by atoms with Gasteiger partial charge in [0, 0.05) is 10.0 Å². The van der Waals surface area contributed by atoms with Gasteiger partial charge in [-0.15, -0.1) is 0 Å². The van der Waals surface area contributed by atoms with Gasteiger partial charge in [0.1, 0.15) is 17.4 Å². The van der Waals surface area contributed by atoms with Crippen LogP contribution in [-0.2, 0) is 19.9 Å². The number of carbonyl (C=O) groups excluding carboxylic acids is 2. The van der Waals surface area contributed by atoms with Crippen molar-refractivity contribution >= 4 is 27.9 Å². The molecule has 1 aromatic heterocycles. The molecular weight excluding hydrogens is 402 g/mol. The topological polar surface area (TPSA) is 92.4 Å². The highest BCUT2D eigenvalue weighted by molar-refractivity contribution is 9.10. The molecule has 2 aromatic rings. The molecule has 1 N–H and O–H groups in total. The van der Waals surface area contributed by atoms with Crippen LogP contribution < -0.4 is 5.32 Å². The van der Waals surface area contributed by atoms with Gasteiger partial charge in [0.05, 0.1) is 18.9 Å². The molecule has 1 aromatic carbocycles. The number of hydrogen-bond donors (Lipinski definition) is 1. The Bertz CT molecular complexity index is 833. The molecule has 3 rings (SSSR count). The van der Waals surface area contributed by atoms with Crippen LogP contribution in [-0.4, -0.2) is 41.0 Å². The predicted octanol–water partition coefficient (Wildman–Crippen LogP) is 2.70. The van der Waals surface area contributed by atoms with Gasteiger partial charge in [-0.05, 0) is 39.0 Å². The van der Waals surface area contributed by atoms with Gasteiger partial charge in [-0.2, -0.15) is 5.10 Å². The molecule has 1 fully saturated rings. The molecule has 0 spiro atoms. The summed E-state index contributed by atoms with van der Waals surface area (Å²) in [5, 5.41) is 7.64. The van der Waals surface area contributed by atoms with E-state index in [1.807, 2.05) is 24.3 Å². The van der Waals surface area contributed by atoms with Crippen LogP contribution in [0, 0.1) is 0 Å². The third-order valence-corrected chi connectivity index (χ3v) is 4.74. The molecule has 2 heterocycles. The van der Waals surface area contributed by atoms with Gasteiger partial charge in [-0.25, -0.2) is 9.48 Å². The maximum Gasteiger partial charge on any atom is 0.356 e. The van der Waals surface area contributed by atoms with E-state index in [-0.39, 0.29) is 18.3 Å². The van der Waals surface area contributed by atoms with Crippen molar-refractivity contribution in [3.05, 3.63) is 40.5 Å². The smallest absolute Gasteiger partial charge is 0.356 e. The van der Waals surface area contributed by atoms with Crippen LogP contribution in [0.1, 0.15) is 31.3 Å². The lowest BCUT2D eigenvalue weighted by atomic mass is 10.1. The number of carbonyl (C=O) groups is 2. The molecule has 1 aliphatic rings. The number of esters is 2. The van der Waals surface area contributed by atoms with Gasteiger partial charge in [0.25, 0.3) is 0 Å². The lowest BCUT2D eigenvalue weighted by Gasteiger charge is -2.13. The highest BCUT2D eigenvalue weighted by Gasteiger charge is 2.59. The van der Waals surface area contributed by atoms with E-state index in [9.17, 15) is 9.59 Å². The summed E-state index contributed by atoms with van der Waals surface area (Å²) in [5.41, 5.74) is 0.932. The molecule has 0 radical (unpaired) electrons. The average molecular weight is 422 g/mol. The average Bonchev–Trinajstić information content (AvgIpc) is 3.11. The minimum absolute atomic E-state index is 0.253. The number of benzene rings is 1. The number of ether oxygens (including phenoxy) is 2. The first-order valence-electron chi connectivity index (χ1n) is 8.38. The SMILES string of the molecule is CCOC(=O)c1cc(-c2ccc(Br)cc2)nn1[C@@]1(C)N[C@@H]1C(=O)OCC. The van der Waals surface area contributed by atoms with E-state index in [0.717, 1.165) is 10.0 Å². The summed E-state index contributed by atoms with van der Waals surface area (Å²) in [4.78, 5) is 24.5. The molecular formula is C18H20BrN3O4. The highest BCUT2D eigenvalue weighted by atomic mass is 79.9. The van der Waals surface area contributed by atoms with Crippen molar-refractivity contribution in [3.63, 3.8) is 0 Å². The van der Waals surface area contributed by atoms with E-state index >= 15 is 0 Å². The fourth-order valence-electron chi connectivity index (χ4n) is 2.80. The predicted molar refractivity (Wildman–Crippen MR) is 98.5 cm³/mol. The summed E-state index contributed by atoms with van der Waals surface area (Å²) in [6.45, 7) is 5.84. The molecule has 0 unspecified atom stereocenters. The lowest BCUT2D eigenvalue weighted by molar-refractivity contribution is -0.143. The van der Waals surface area contributed by atoms with Gasteiger partial charge in [-0.1, -0.05) is 28.1 Å². The summed E-state index contributed by atoms with van der Waals surface area (Å²) in [7, 11) is 0. The first-order chi connectivity index (χ1) is 12.4. The third kappa shape index (κ3) is 3.39.